The van der Waals surface area contributed by atoms with Crippen LogP contribution in [0.2, 0.25) is 0 Å². The molecule has 2 N–H and O–H groups in total. The summed E-state index contributed by atoms with van der Waals surface area (Å²) in [7, 11) is 0. The Hall–Kier alpha value is -4.94. The number of hydrogen-bond acceptors (Lipinski definition) is 8. The van der Waals surface area contributed by atoms with E-state index >= 15 is 0 Å². The van der Waals surface area contributed by atoms with Gasteiger partial charge in [0, 0.05) is 38.6 Å². The Morgan fingerprint density at radius 2 is 1.06 bits per heavy atom. The van der Waals surface area contributed by atoms with E-state index in [2.05, 4.69) is 9.97 Å². The quantitative estimate of drug-likeness (QED) is 0.224. The summed E-state index contributed by atoms with van der Waals surface area (Å²) in [6.07, 6.45) is 8.45. The highest BCUT2D eigenvalue weighted by Crippen LogP contribution is 2.34. The largest absolute Gasteiger partial charge is 0.471 e. The van der Waals surface area contributed by atoms with Gasteiger partial charge in [-0.15, -0.1) is 0 Å². The zero-order valence-corrected chi connectivity index (χ0v) is 28.8. The molecule has 2 aliphatic carbocycles. The summed E-state index contributed by atoms with van der Waals surface area (Å²) < 4.78 is 38.7. The molecule has 0 saturated heterocycles. The Morgan fingerprint density at radius 3 is 1.46 bits per heavy atom. The number of benzene rings is 2. The second-order valence-electron chi connectivity index (χ2n) is 13.9. The van der Waals surface area contributed by atoms with Crippen LogP contribution in [-0.4, -0.2) is 66.2 Å². The molecule has 4 aromatic rings. The molecule has 272 valence electrons. The lowest BCUT2D eigenvalue weighted by Crippen LogP contribution is -2.35. The second kappa shape index (κ2) is 15.7. The molecule has 4 aliphatic rings. The number of carbonyl (C=O) groups is 2. The summed E-state index contributed by atoms with van der Waals surface area (Å²) in [4.78, 5) is 37.6. The number of ether oxygens (including phenoxy) is 2. The predicted octanol–water partition coefficient (Wildman–Crippen LogP) is 6.12. The highest BCUT2D eigenvalue weighted by Gasteiger charge is 2.35. The normalized spacial score (nSPS) is 22.4. The predicted molar refractivity (Wildman–Crippen MR) is 186 cm³/mol. The molecule has 2 amide bonds. The lowest BCUT2D eigenvalue weighted by Gasteiger charge is -2.28. The maximum Gasteiger partial charge on any atom is 0.260 e. The third-order valence-electron chi connectivity index (χ3n) is 10.1. The van der Waals surface area contributed by atoms with Crippen LogP contribution >= 0.6 is 0 Å². The van der Waals surface area contributed by atoms with Gasteiger partial charge < -0.3 is 29.5 Å². The number of rotatable bonds is 8. The summed E-state index contributed by atoms with van der Waals surface area (Å²) >= 11 is 0. The first kappa shape index (κ1) is 35.5. The van der Waals surface area contributed by atoms with Gasteiger partial charge in [0.25, 0.3) is 11.8 Å². The molecule has 2 fully saturated rings. The Kier molecular flexibility index (Phi) is 10.7. The van der Waals surface area contributed by atoms with Gasteiger partial charge >= 0.3 is 0 Å². The van der Waals surface area contributed by atoms with Gasteiger partial charge in [0.1, 0.15) is 35.0 Å². The molecule has 0 radical (unpaired) electrons. The average molecular weight is 713 g/mol. The van der Waals surface area contributed by atoms with Crippen LogP contribution in [0.3, 0.4) is 0 Å². The van der Waals surface area contributed by atoms with Crippen molar-refractivity contribution in [1.82, 2.24) is 19.8 Å². The summed E-state index contributed by atoms with van der Waals surface area (Å²) in [6.45, 7) is 1.54. The van der Waals surface area contributed by atoms with Crippen LogP contribution in [0.5, 0.6) is 11.8 Å². The minimum Gasteiger partial charge on any atom is -0.471 e. The van der Waals surface area contributed by atoms with Crippen molar-refractivity contribution in [3.63, 3.8) is 0 Å². The number of aromatic nitrogens is 2. The van der Waals surface area contributed by atoms with E-state index in [-0.39, 0.29) is 35.7 Å². The molecule has 2 saturated carbocycles. The molecule has 12 heteroatoms. The van der Waals surface area contributed by atoms with Gasteiger partial charge in [-0.05, 0) is 97.2 Å². The molecule has 0 unspecified atom stereocenters. The zero-order valence-electron chi connectivity index (χ0n) is 28.8. The summed E-state index contributed by atoms with van der Waals surface area (Å²) in [6, 6.07) is 16.1. The van der Waals surface area contributed by atoms with Crippen LogP contribution in [-0.2, 0) is 26.2 Å². The standard InChI is InChI=1S/2C20H21FN2O3/c2*21-15-5-3-4-13(10-15)11-23-12-14-8-9-22-19(18(14)20(23)25)26-17-7-2-1-6-16(17)24/h2*3-5,8-10,16-17,24H,1-2,6-7,11-12H2/t2*16-,17-/m10/s1. The zero-order chi connectivity index (χ0) is 36.2. The van der Waals surface area contributed by atoms with Crippen LogP contribution < -0.4 is 9.47 Å². The third kappa shape index (κ3) is 7.93. The fourth-order valence-corrected chi connectivity index (χ4v) is 7.41. The van der Waals surface area contributed by atoms with Crippen molar-refractivity contribution in [3.8, 4) is 11.8 Å². The van der Waals surface area contributed by atoms with Crippen molar-refractivity contribution in [2.75, 3.05) is 0 Å². The number of halogens is 2. The molecule has 8 rings (SSSR count). The Balaban J connectivity index is 0.000000162. The number of hydrogen-bond donors (Lipinski definition) is 2. The van der Waals surface area contributed by atoms with Crippen molar-refractivity contribution in [3.05, 3.63) is 118 Å². The van der Waals surface area contributed by atoms with Gasteiger partial charge in [0.2, 0.25) is 11.8 Å². The minimum absolute atomic E-state index is 0.169. The van der Waals surface area contributed by atoms with E-state index in [0.29, 0.717) is 61.9 Å². The van der Waals surface area contributed by atoms with E-state index in [0.717, 1.165) is 60.8 Å². The first-order valence-electron chi connectivity index (χ1n) is 18.0. The fourth-order valence-electron chi connectivity index (χ4n) is 7.41. The van der Waals surface area contributed by atoms with Gasteiger partial charge in [-0.3, -0.25) is 9.59 Å². The maximum absolute atomic E-state index is 13.4. The first-order chi connectivity index (χ1) is 25.2. The molecule has 2 aromatic carbocycles. The lowest BCUT2D eigenvalue weighted by atomic mass is 9.95. The average Bonchev–Trinajstić information content (AvgIpc) is 3.62. The molecule has 2 aliphatic heterocycles. The number of fused-ring (bicyclic) bond motifs is 2. The van der Waals surface area contributed by atoms with E-state index in [9.17, 15) is 28.6 Å². The highest BCUT2D eigenvalue weighted by molar-refractivity contribution is 6.01. The van der Waals surface area contributed by atoms with E-state index in [4.69, 9.17) is 9.47 Å². The van der Waals surface area contributed by atoms with Gasteiger partial charge in [0.15, 0.2) is 0 Å². The van der Waals surface area contributed by atoms with Gasteiger partial charge in [-0.25, -0.2) is 18.7 Å². The number of aliphatic hydroxyl groups is 2. The van der Waals surface area contributed by atoms with Crippen molar-refractivity contribution < 1.29 is 38.1 Å². The van der Waals surface area contributed by atoms with Gasteiger partial charge in [-0.2, -0.15) is 0 Å². The molecule has 52 heavy (non-hydrogen) atoms. The molecular weight excluding hydrogens is 670 g/mol. The third-order valence-corrected chi connectivity index (χ3v) is 10.1. The van der Waals surface area contributed by atoms with E-state index in [1.807, 2.05) is 12.1 Å². The number of amides is 2. The molecule has 2 aromatic heterocycles. The minimum atomic E-state index is -0.527. The van der Waals surface area contributed by atoms with Crippen molar-refractivity contribution in [1.29, 1.82) is 0 Å². The molecule has 0 bridgehead atoms. The highest BCUT2D eigenvalue weighted by atomic mass is 19.1. The summed E-state index contributed by atoms with van der Waals surface area (Å²) in [5.41, 5.74) is 4.10. The van der Waals surface area contributed by atoms with Crippen LogP contribution in [0.4, 0.5) is 8.78 Å². The van der Waals surface area contributed by atoms with Crippen molar-refractivity contribution in [2.45, 2.75) is 102 Å². The first-order valence-corrected chi connectivity index (χ1v) is 18.0. The molecule has 0 spiro atoms. The van der Waals surface area contributed by atoms with Crippen LogP contribution in [0.25, 0.3) is 0 Å². The van der Waals surface area contributed by atoms with Crippen LogP contribution in [0.15, 0.2) is 73.1 Å². The number of carbonyl (C=O) groups excluding carboxylic acids is 2. The van der Waals surface area contributed by atoms with Crippen molar-refractivity contribution >= 4 is 11.8 Å². The van der Waals surface area contributed by atoms with Crippen LogP contribution in [0, 0.1) is 11.6 Å². The molecule has 4 heterocycles. The van der Waals surface area contributed by atoms with E-state index in [1.165, 1.54) is 24.3 Å². The second-order valence-corrected chi connectivity index (χ2v) is 13.9. The molecule has 4 atom stereocenters. The SMILES string of the molecule is O=C1c2c(ccnc2O[C@@H]2CCCC[C@H]2O)CN1Cc1cccc(F)c1.O=C1c2c(ccnc2O[C@H]2CCCC[C@@H]2O)CN1Cc1cccc(F)c1. The monoisotopic (exact) mass is 712 g/mol. The number of nitrogens with zero attached hydrogens (tertiary/aromatic N) is 4. The number of aliphatic hydroxyl groups excluding tert-OH is 2. The van der Waals surface area contributed by atoms with E-state index in [1.54, 1.807) is 46.5 Å². The van der Waals surface area contributed by atoms with Crippen LogP contribution in [0.1, 0.15) is 94.3 Å². The fraction of sp³-hybridized carbons (Fsp3) is 0.400. The number of pyridine rings is 2. The Bertz CT molecular complexity index is 1790. The van der Waals surface area contributed by atoms with Gasteiger partial charge in [-0.1, -0.05) is 37.1 Å². The lowest BCUT2D eigenvalue weighted by molar-refractivity contribution is 0.00397. The Morgan fingerprint density at radius 1 is 0.635 bits per heavy atom. The smallest absolute Gasteiger partial charge is 0.260 e. The van der Waals surface area contributed by atoms with Gasteiger partial charge in [0.05, 0.1) is 12.2 Å². The van der Waals surface area contributed by atoms with E-state index < -0.39 is 12.2 Å². The summed E-state index contributed by atoms with van der Waals surface area (Å²) in [5.74, 6) is -0.386. The molecular formula is C40H42F2N4O6. The van der Waals surface area contributed by atoms with Crippen molar-refractivity contribution in [2.24, 2.45) is 0 Å². The molecule has 10 nitrogen and oxygen atoms in total. The topological polar surface area (TPSA) is 125 Å². The Labute approximate surface area is 301 Å². The summed E-state index contributed by atoms with van der Waals surface area (Å²) in [5, 5.41) is 20.3. The maximum atomic E-state index is 13.4.